The van der Waals surface area contributed by atoms with Gasteiger partial charge in [-0.2, -0.15) is 31.3 Å². The summed E-state index contributed by atoms with van der Waals surface area (Å²) in [5.74, 6) is -4.04. The SMILES string of the molecule is Cc1cnc(Nc2cc(F)cc(C(F)(F)F)c2)nc1Nc1ccc2oc(=O)[nH]c2c1.O=C(O)C(F)(F)F. The standard InChI is InChI=1S/C19H13F4N5O2.C2HF3O2/c1-9-8-24-17(26-13-5-10(19(21,22)23)4-11(20)6-13)28-16(9)25-12-2-3-15-14(7-12)27-18(29)30-15;3-2(4,5)1(6)7/h2-8H,1H3,(H,27,29)(H2,24,25,26,28);(H,6,7). The molecule has 196 valence electrons. The Hall–Kier alpha value is -4.63. The summed E-state index contributed by atoms with van der Waals surface area (Å²) in [6.07, 6.45) is -8.31. The van der Waals surface area contributed by atoms with Crippen LogP contribution in [-0.2, 0) is 11.0 Å². The molecule has 4 aromatic rings. The lowest BCUT2D eigenvalue weighted by Crippen LogP contribution is -2.21. The van der Waals surface area contributed by atoms with E-state index in [9.17, 15) is 35.5 Å². The minimum absolute atomic E-state index is 0.0281. The van der Waals surface area contributed by atoms with Gasteiger partial charge >= 0.3 is 24.1 Å². The van der Waals surface area contributed by atoms with Crippen molar-refractivity contribution in [2.24, 2.45) is 0 Å². The van der Waals surface area contributed by atoms with Crippen molar-refractivity contribution < 1.29 is 45.1 Å². The van der Waals surface area contributed by atoms with Crippen LogP contribution in [0.15, 0.2) is 51.8 Å². The van der Waals surface area contributed by atoms with Crippen LogP contribution in [0.25, 0.3) is 11.1 Å². The number of rotatable bonds is 4. The molecule has 4 N–H and O–H groups in total. The van der Waals surface area contributed by atoms with Crippen molar-refractivity contribution in [1.82, 2.24) is 15.0 Å². The van der Waals surface area contributed by atoms with E-state index in [1.807, 2.05) is 0 Å². The van der Waals surface area contributed by atoms with E-state index in [2.05, 4.69) is 25.6 Å². The Morgan fingerprint density at radius 2 is 1.70 bits per heavy atom. The van der Waals surface area contributed by atoms with Gasteiger partial charge in [-0.3, -0.25) is 4.98 Å². The molecule has 0 bridgehead atoms. The third kappa shape index (κ3) is 7.18. The maximum absolute atomic E-state index is 13.6. The van der Waals surface area contributed by atoms with E-state index in [1.54, 1.807) is 25.1 Å². The molecular weight excluding hydrogens is 519 g/mol. The summed E-state index contributed by atoms with van der Waals surface area (Å²) in [6, 6.07) is 6.98. The Labute approximate surface area is 201 Å². The summed E-state index contributed by atoms with van der Waals surface area (Å²) in [4.78, 5) is 31.0. The maximum Gasteiger partial charge on any atom is 0.490 e. The maximum atomic E-state index is 13.6. The van der Waals surface area contributed by atoms with Gasteiger partial charge < -0.3 is 20.2 Å². The van der Waals surface area contributed by atoms with Crippen LogP contribution in [0.2, 0.25) is 0 Å². The number of halogens is 7. The monoisotopic (exact) mass is 533 g/mol. The van der Waals surface area contributed by atoms with E-state index in [0.29, 0.717) is 34.2 Å². The topological polar surface area (TPSA) is 133 Å². The molecule has 0 saturated heterocycles. The average Bonchev–Trinajstić information content (AvgIpc) is 3.14. The van der Waals surface area contributed by atoms with Crippen LogP contribution < -0.4 is 16.4 Å². The summed E-state index contributed by atoms with van der Waals surface area (Å²) in [5, 5.41) is 12.7. The Morgan fingerprint density at radius 3 is 2.32 bits per heavy atom. The number of carboxylic acid groups (broad SMARTS) is 1. The molecule has 0 atom stereocenters. The highest BCUT2D eigenvalue weighted by Crippen LogP contribution is 2.32. The van der Waals surface area contributed by atoms with Gasteiger partial charge in [-0.25, -0.2) is 19.0 Å². The minimum atomic E-state index is -5.08. The van der Waals surface area contributed by atoms with Gasteiger partial charge in [0.25, 0.3) is 0 Å². The number of aryl methyl sites for hydroxylation is 1. The van der Waals surface area contributed by atoms with Crippen molar-refractivity contribution >= 4 is 40.2 Å². The van der Waals surface area contributed by atoms with Gasteiger partial charge in [0.1, 0.15) is 11.6 Å². The second-order valence-corrected chi connectivity index (χ2v) is 7.23. The fraction of sp³-hybridized carbons (Fsp3) is 0.143. The minimum Gasteiger partial charge on any atom is -0.475 e. The van der Waals surface area contributed by atoms with Crippen molar-refractivity contribution in [3.8, 4) is 0 Å². The molecule has 0 amide bonds. The normalized spacial score (nSPS) is 11.6. The number of fused-ring (bicyclic) bond motifs is 1. The van der Waals surface area contributed by atoms with Gasteiger partial charge in [0.15, 0.2) is 5.58 Å². The molecule has 4 rings (SSSR count). The first-order valence-electron chi connectivity index (χ1n) is 9.80. The lowest BCUT2D eigenvalue weighted by atomic mass is 10.2. The highest BCUT2D eigenvalue weighted by atomic mass is 19.4. The number of aromatic nitrogens is 3. The Bertz CT molecular complexity index is 1500. The van der Waals surface area contributed by atoms with Crippen molar-refractivity contribution in [2.75, 3.05) is 10.6 Å². The van der Waals surface area contributed by atoms with Crippen LogP contribution in [-0.4, -0.2) is 32.2 Å². The predicted molar refractivity (Wildman–Crippen MR) is 115 cm³/mol. The molecule has 2 aromatic heterocycles. The molecule has 2 heterocycles. The fourth-order valence-corrected chi connectivity index (χ4v) is 2.75. The summed E-state index contributed by atoms with van der Waals surface area (Å²) in [5.41, 5.74) is 0.828. The third-order valence-corrected chi connectivity index (χ3v) is 4.38. The smallest absolute Gasteiger partial charge is 0.475 e. The van der Waals surface area contributed by atoms with Crippen molar-refractivity contribution in [3.05, 3.63) is 70.1 Å². The summed E-state index contributed by atoms with van der Waals surface area (Å²) < 4.78 is 89.0. The highest BCUT2D eigenvalue weighted by Gasteiger charge is 2.38. The second kappa shape index (κ2) is 10.2. The number of nitrogens with zero attached hydrogens (tertiary/aromatic N) is 2. The van der Waals surface area contributed by atoms with E-state index in [0.717, 1.165) is 12.1 Å². The number of H-pyrrole nitrogens is 1. The molecule has 0 saturated carbocycles. The number of hydrogen-bond donors (Lipinski definition) is 4. The molecule has 16 heteroatoms. The molecule has 37 heavy (non-hydrogen) atoms. The molecule has 9 nitrogen and oxygen atoms in total. The van der Waals surface area contributed by atoms with Crippen LogP contribution in [0.3, 0.4) is 0 Å². The van der Waals surface area contributed by atoms with E-state index in [-0.39, 0.29) is 11.6 Å². The van der Waals surface area contributed by atoms with Crippen LogP contribution in [0, 0.1) is 12.7 Å². The number of hydrogen-bond acceptors (Lipinski definition) is 7. The zero-order valence-electron chi connectivity index (χ0n) is 18.3. The average molecular weight is 533 g/mol. The van der Waals surface area contributed by atoms with E-state index >= 15 is 0 Å². The molecular formula is C21H14F7N5O4. The number of alkyl halides is 6. The Morgan fingerprint density at radius 1 is 1.03 bits per heavy atom. The highest BCUT2D eigenvalue weighted by molar-refractivity contribution is 5.78. The Kier molecular flexibility index (Phi) is 7.40. The number of oxazole rings is 1. The number of benzene rings is 2. The molecule has 0 aliphatic rings. The van der Waals surface area contributed by atoms with Gasteiger partial charge in [0.2, 0.25) is 5.95 Å². The van der Waals surface area contributed by atoms with Gasteiger partial charge in [-0.1, -0.05) is 0 Å². The van der Waals surface area contributed by atoms with E-state index in [1.165, 1.54) is 6.20 Å². The first kappa shape index (κ1) is 27.0. The molecule has 0 aliphatic heterocycles. The van der Waals surface area contributed by atoms with Crippen molar-refractivity contribution in [3.63, 3.8) is 0 Å². The van der Waals surface area contributed by atoms with E-state index in [4.69, 9.17) is 14.3 Å². The number of carboxylic acids is 1. The molecule has 0 radical (unpaired) electrons. The quantitative estimate of drug-likeness (QED) is 0.253. The van der Waals surface area contributed by atoms with Gasteiger partial charge in [0.05, 0.1) is 11.1 Å². The second-order valence-electron chi connectivity index (χ2n) is 7.23. The lowest BCUT2D eigenvalue weighted by Gasteiger charge is -2.13. The molecule has 2 aromatic carbocycles. The number of aromatic amines is 1. The largest absolute Gasteiger partial charge is 0.490 e. The van der Waals surface area contributed by atoms with Crippen LogP contribution in [0.1, 0.15) is 11.1 Å². The summed E-state index contributed by atoms with van der Waals surface area (Å²) in [6.45, 7) is 1.73. The molecule has 0 aliphatic carbocycles. The number of aliphatic carboxylic acids is 1. The summed E-state index contributed by atoms with van der Waals surface area (Å²) >= 11 is 0. The Balaban J connectivity index is 0.000000479. The number of anilines is 4. The van der Waals surface area contributed by atoms with Gasteiger partial charge in [0, 0.05) is 23.1 Å². The van der Waals surface area contributed by atoms with Crippen LogP contribution in [0.4, 0.5) is 53.9 Å². The predicted octanol–water partition coefficient (Wildman–Crippen LogP) is 5.50. The fourth-order valence-electron chi connectivity index (χ4n) is 2.75. The van der Waals surface area contributed by atoms with Crippen molar-refractivity contribution in [1.29, 1.82) is 0 Å². The first-order chi connectivity index (χ1) is 17.1. The van der Waals surface area contributed by atoms with E-state index < -0.39 is 35.5 Å². The zero-order chi connectivity index (χ0) is 27.5. The number of nitrogens with one attached hydrogen (secondary N) is 3. The molecule has 0 spiro atoms. The first-order valence-corrected chi connectivity index (χ1v) is 9.80. The van der Waals surface area contributed by atoms with Gasteiger partial charge in [-0.05, 0) is 43.3 Å². The summed E-state index contributed by atoms with van der Waals surface area (Å²) in [7, 11) is 0. The lowest BCUT2D eigenvalue weighted by molar-refractivity contribution is -0.192. The third-order valence-electron chi connectivity index (χ3n) is 4.38. The molecule has 0 unspecified atom stereocenters. The number of carbonyl (C=O) groups is 1. The van der Waals surface area contributed by atoms with Crippen molar-refractivity contribution in [2.45, 2.75) is 19.3 Å². The van der Waals surface area contributed by atoms with Gasteiger partial charge in [-0.15, -0.1) is 0 Å². The van der Waals surface area contributed by atoms with Crippen LogP contribution >= 0.6 is 0 Å². The van der Waals surface area contributed by atoms with Crippen LogP contribution in [0.5, 0.6) is 0 Å². The molecule has 0 fully saturated rings. The zero-order valence-corrected chi connectivity index (χ0v) is 18.3.